The van der Waals surface area contributed by atoms with Gasteiger partial charge >= 0.3 is 0 Å². The van der Waals surface area contributed by atoms with Crippen LogP contribution in [0.4, 0.5) is 0 Å². The van der Waals surface area contributed by atoms with Gasteiger partial charge in [0.05, 0.1) is 16.6 Å². The van der Waals surface area contributed by atoms with Gasteiger partial charge in [-0.25, -0.2) is 0 Å². The number of alkyl halides is 1. The highest BCUT2D eigenvalue weighted by Crippen LogP contribution is 2.29. The third kappa shape index (κ3) is 2.43. The second-order valence-corrected chi connectivity index (χ2v) is 5.26. The Labute approximate surface area is 123 Å². The van der Waals surface area contributed by atoms with Gasteiger partial charge < -0.3 is 4.57 Å². The quantitative estimate of drug-likeness (QED) is 0.604. The minimum atomic E-state index is -0.0641. The number of aryl methyl sites for hydroxylation is 2. The molecule has 0 saturated heterocycles. The molecule has 0 N–H and O–H groups in total. The van der Waals surface area contributed by atoms with Crippen molar-refractivity contribution in [3.05, 3.63) is 51.8 Å². The van der Waals surface area contributed by atoms with Crippen molar-refractivity contribution in [1.82, 2.24) is 4.57 Å². The second kappa shape index (κ2) is 5.40. The van der Waals surface area contributed by atoms with Crippen LogP contribution in [-0.2, 0) is 0 Å². The van der Waals surface area contributed by atoms with Crippen LogP contribution in [0.1, 0.15) is 27.3 Å². The van der Waals surface area contributed by atoms with E-state index in [1.807, 2.05) is 49.6 Å². The summed E-state index contributed by atoms with van der Waals surface area (Å²) in [6.45, 7) is 5.87. The van der Waals surface area contributed by atoms with Crippen LogP contribution >= 0.6 is 23.2 Å². The summed E-state index contributed by atoms with van der Waals surface area (Å²) in [5.74, 6) is -0.0723. The molecule has 0 aliphatic carbocycles. The standard InChI is InChI=1S/C15H15Cl2NO/c1-9-5-4-6-13(17)15(9)18-10(2)7-12(11(18)3)14(19)8-16/h4-7H,8H2,1-3H3. The first-order valence-corrected chi connectivity index (χ1v) is 6.92. The van der Waals surface area contributed by atoms with Gasteiger partial charge in [0.15, 0.2) is 5.78 Å². The molecule has 0 radical (unpaired) electrons. The average Bonchev–Trinajstić information content (AvgIpc) is 2.65. The van der Waals surface area contributed by atoms with Crippen molar-refractivity contribution in [3.8, 4) is 5.69 Å². The fraction of sp³-hybridized carbons (Fsp3) is 0.267. The summed E-state index contributed by atoms with van der Waals surface area (Å²) >= 11 is 11.9. The first kappa shape index (κ1) is 14.2. The number of halogens is 2. The molecular formula is C15H15Cl2NO. The lowest BCUT2D eigenvalue weighted by Crippen LogP contribution is -2.05. The fourth-order valence-electron chi connectivity index (χ4n) is 2.37. The topological polar surface area (TPSA) is 22.0 Å². The predicted molar refractivity (Wildman–Crippen MR) is 80.0 cm³/mol. The Morgan fingerprint density at radius 2 is 1.95 bits per heavy atom. The van der Waals surface area contributed by atoms with Gasteiger partial charge in [-0.1, -0.05) is 23.7 Å². The van der Waals surface area contributed by atoms with E-state index in [9.17, 15) is 4.79 Å². The molecule has 1 aromatic heterocycles. The first-order chi connectivity index (χ1) is 8.97. The van der Waals surface area contributed by atoms with E-state index in [1.54, 1.807) is 0 Å². The molecule has 0 bridgehead atoms. The van der Waals surface area contributed by atoms with E-state index in [2.05, 4.69) is 0 Å². The summed E-state index contributed by atoms with van der Waals surface area (Å²) in [6, 6.07) is 7.64. The van der Waals surface area contributed by atoms with Crippen molar-refractivity contribution in [1.29, 1.82) is 0 Å². The largest absolute Gasteiger partial charge is 0.316 e. The first-order valence-electron chi connectivity index (χ1n) is 6.01. The van der Waals surface area contributed by atoms with Crippen molar-refractivity contribution >= 4 is 29.0 Å². The molecular weight excluding hydrogens is 281 g/mol. The number of nitrogens with zero attached hydrogens (tertiary/aromatic N) is 1. The van der Waals surface area contributed by atoms with Gasteiger partial charge in [-0.2, -0.15) is 0 Å². The van der Waals surface area contributed by atoms with Crippen LogP contribution in [0.25, 0.3) is 5.69 Å². The molecule has 19 heavy (non-hydrogen) atoms. The molecule has 0 unspecified atom stereocenters. The minimum Gasteiger partial charge on any atom is -0.316 e. The van der Waals surface area contributed by atoms with Crippen LogP contribution in [0.3, 0.4) is 0 Å². The minimum absolute atomic E-state index is 0.00814. The van der Waals surface area contributed by atoms with Gasteiger partial charge in [0.1, 0.15) is 0 Å². The van der Waals surface area contributed by atoms with E-state index in [-0.39, 0.29) is 11.7 Å². The third-order valence-electron chi connectivity index (χ3n) is 3.27. The summed E-state index contributed by atoms with van der Waals surface area (Å²) in [6.07, 6.45) is 0. The SMILES string of the molecule is Cc1cccc(Cl)c1-n1c(C)cc(C(=O)CCl)c1C. The van der Waals surface area contributed by atoms with Gasteiger partial charge in [0.2, 0.25) is 0 Å². The maximum Gasteiger partial charge on any atom is 0.179 e. The molecule has 1 aromatic carbocycles. The Hall–Kier alpha value is -1.25. The number of Topliss-reactive ketones (excluding diaryl/α,β-unsaturated/α-hetero) is 1. The van der Waals surface area contributed by atoms with Crippen LogP contribution in [0.2, 0.25) is 5.02 Å². The second-order valence-electron chi connectivity index (χ2n) is 4.58. The molecule has 4 heteroatoms. The molecule has 2 nitrogen and oxygen atoms in total. The highest BCUT2D eigenvalue weighted by atomic mass is 35.5. The average molecular weight is 296 g/mol. The molecule has 0 amide bonds. The van der Waals surface area contributed by atoms with Crippen molar-refractivity contribution in [2.75, 3.05) is 5.88 Å². The van der Waals surface area contributed by atoms with Gasteiger partial charge in [0.25, 0.3) is 0 Å². The van der Waals surface area contributed by atoms with E-state index in [1.165, 1.54) is 0 Å². The van der Waals surface area contributed by atoms with E-state index in [0.29, 0.717) is 10.6 Å². The summed E-state index contributed by atoms with van der Waals surface area (Å²) in [7, 11) is 0. The normalized spacial score (nSPS) is 10.8. The Morgan fingerprint density at radius 3 is 2.53 bits per heavy atom. The van der Waals surface area contributed by atoms with Gasteiger partial charge in [-0.3, -0.25) is 4.79 Å². The molecule has 1 heterocycles. The molecule has 0 spiro atoms. The number of hydrogen-bond acceptors (Lipinski definition) is 1. The number of carbonyl (C=O) groups is 1. The number of carbonyl (C=O) groups excluding carboxylic acids is 1. The molecule has 0 aliphatic heterocycles. The highest BCUT2D eigenvalue weighted by molar-refractivity contribution is 6.32. The number of aromatic nitrogens is 1. The Balaban J connectivity index is 2.70. The molecule has 0 aliphatic rings. The maximum absolute atomic E-state index is 11.8. The molecule has 0 saturated carbocycles. The Morgan fingerprint density at radius 1 is 1.26 bits per heavy atom. The maximum atomic E-state index is 11.8. The van der Waals surface area contributed by atoms with E-state index in [4.69, 9.17) is 23.2 Å². The third-order valence-corrected chi connectivity index (χ3v) is 3.81. The molecule has 100 valence electrons. The number of benzene rings is 1. The van der Waals surface area contributed by atoms with E-state index in [0.717, 1.165) is 22.6 Å². The fourth-order valence-corrected chi connectivity index (χ4v) is 2.82. The van der Waals surface area contributed by atoms with Gasteiger partial charge in [-0.05, 0) is 38.5 Å². The van der Waals surface area contributed by atoms with Crippen LogP contribution in [0.5, 0.6) is 0 Å². The lowest BCUT2D eigenvalue weighted by molar-refractivity contribution is 0.102. The zero-order valence-electron chi connectivity index (χ0n) is 11.1. The number of rotatable bonds is 3. The van der Waals surface area contributed by atoms with Gasteiger partial charge in [-0.15, -0.1) is 11.6 Å². The summed E-state index contributed by atoms with van der Waals surface area (Å²) < 4.78 is 2.01. The molecule has 2 aromatic rings. The van der Waals surface area contributed by atoms with Crippen molar-refractivity contribution < 1.29 is 4.79 Å². The molecule has 2 rings (SSSR count). The van der Waals surface area contributed by atoms with Crippen molar-refractivity contribution in [3.63, 3.8) is 0 Å². The van der Waals surface area contributed by atoms with E-state index >= 15 is 0 Å². The Kier molecular flexibility index (Phi) is 4.02. The van der Waals surface area contributed by atoms with Crippen LogP contribution in [0, 0.1) is 20.8 Å². The Bertz CT molecular complexity index is 624. The number of hydrogen-bond donors (Lipinski definition) is 0. The summed E-state index contributed by atoms with van der Waals surface area (Å²) in [5, 5.41) is 0.673. The van der Waals surface area contributed by atoms with Gasteiger partial charge in [0, 0.05) is 17.0 Å². The lowest BCUT2D eigenvalue weighted by Gasteiger charge is -2.14. The van der Waals surface area contributed by atoms with Crippen LogP contribution in [0.15, 0.2) is 24.3 Å². The number of ketones is 1. The number of para-hydroxylation sites is 1. The summed E-state index contributed by atoms with van der Waals surface area (Å²) in [5.41, 5.74) is 4.50. The zero-order chi connectivity index (χ0) is 14.2. The zero-order valence-corrected chi connectivity index (χ0v) is 12.6. The predicted octanol–water partition coefficient (Wildman–Crippen LogP) is 4.48. The molecule has 0 fully saturated rings. The van der Waals surface area contributed by atoms with Crippen molar-refractivity contribution in [2.45, 2.75) is 20.8 Å². The van der Waals surface area contributed by atoms with Crippen molar-refractivity contribution in [2.24, 2.45) is 0 Å². The van der Waals surface area contributed by atoms with Crippen LogP contribution < -0.4 is 0 Å². The summed E-state index contributed by atoms with van der Waals surface area (Å²) in [4.78, 5) is 11.8. The van der Waals surface area contributed by atoms with E-state index < -0.39 is 0 Å². The smallest absolute Gasteiger partial charge is 0.179 e. The lowest BCUT2D eigenvalue weighted by atomic mass is 10.1. The highest BCUT2D eigenvalue weighted by Gasteiger charge is 2.18. The molecule has 0 atom stereocenters. The van der Waals surface area contributed by atoms with Crippen LogP contribution in [-0.4, -0.2) is 16.2 Å². The monoisotopic (exact) mass is 295 g/mol.